The molecule has 0 saturated carbocycles. The summed E-state index contributed by atoms with van der Waals surface area (Å²) in [5.74, 6) is -2.73. The second kappa shape index (κ2) is 6.88. The van der Waals surface area contributed by atoms with Crippen molar-refractivity contribution in [2.45, 2.75) is 18.9 Å². The van der Waals surface area contributed by atoms with E-state index in [4.69, 9.17) is 15.6 Å². The third kappa shape index (κ3) is 3.39. The van der Waals surface area contributed by atoms with Crippen LogP contribution in [0.1, 0.15) is 34.8 Å². The molecule has 0 aliphatic carbocycles. The fraction of sp³-hybridized carbons (Fsp3) is 0.462. The molecular formula is C13H17ClFNO4. The molecule has 5 nitrogen and oxygen atoms in total. The van der Waals surface area contributed by atoms with E-state index in [0.29, 0.717) is 26.1 Å². The Morgan fingerprint density at radius 1 is 1.40 bits per heavy atom. The summed E-state index contributed by atoms with van der Waals surface area (Å²) in [6.07, 6.45) is 1.42. The number of hydrogen-bond acceptors (Lipinski definition) is 4. The van der Waals surface area contributed by atoms with Gasteiger partial charge in [-0.15, -0.1) is 12.4 Å². The largest absolute Gasteiger partial charge is 0.505 e. The molecule has 1 heterocycles. The van der Waals surface area contributed by atoms with Crippen molar-refractivity contribution in [2.75, 3.05) is 13.2 Å². The van der Waals surface area contributed by atoms with Crippen LogP contribution in [0.5, 0.6) is 5.75 Å². The number of nitrogens with two attached hydrogens (primary N) is 1. The number of carboxylic acids is 1. The maximum absolute atomic E-state index is 13.5. The van der Waals surface area contributed by atoms with E-state index in [0.717, 1.165) is 6.07 Å². The van der Waals surface area contributed by atoms with E-state index in [1.54, 1.807) is 0 Å². The third-order valence-electron chi connectivity index (χ3n) is 3.47. The second-order valence-electron chi connectivity index (χ2n) is 4.68. The summed E-state index contributed by atoms with van der Waals surface area (Å²) in [7, 11) is 0. The van der Waals surface area contributed by atoms with Crippen molar-refractivity contribution >= 4 is 18.4 Å². The Balaban J connectivity index is 0.00000200. The number of benzene rings is 1. The Bertz CT molecular complexity index is 492. The second-order valence-corrected chi connectivity index (χ2v) is 4.68. The van der Waals surface area contributed by atoms with Gasteiger partial charge in [0.2, 0.25) is 0 Å². The lowest BCUT2D eigenvalue weighted by Crippen LogP contribution is -2.27. The van der Waals surface area contributed by atoms with Crippen LogP contribution >= 0.6 is 12.4 Å². The highest BCUT2D eigenvalue weighted by molar-refractivity contribution is 5.88. The summed E-state index contributed by atoms with van der Waals surface area (Å²) in [6.45, 7) is 1.14. The highest BCUT2D eigenvalue weighted by Gasteiger charge is 2.26. The number of phenolic OH excluding ortho intramolecular Hbond substituents is 1. The summed E-state index contributed by atoms with van der Waals surface area (Å²) < 4.78 is 18.7. The number of aromatic hydroxyl groups is 1. The first kappa shape index (κ1) is 16.7. The minimum atomic E-state index is -1.25. The highest BCUT2D eigenvalue weighted by Crippen LogP contribution is 2.35. The van der Waals surface area contributed by atoms with Crippen molar-refractivity contribution in [2.24, 2.45) is 11.7 Å². The molecule has 0 aromatic heterocycles. The number of ether oxygens (including phenoxy) is 1. The molecule has 4 N–H and O–H groups in total. The van der Waals surface area contributed by atoms with E-state index in [9.17, 15) is 14.3 Å². The fourth-order valence-corrected chi connectivity index (χ4v) is 2.33. The van der Waals surface area contributed by atoms with Gasteiger partial charge >= 0.3 is 5.97 Å². The zero-order chi connectivity index (χ0) is 14.0. The molecule has 0 bridgehead atoms. The number of phenols is 1. The topological polar surface area (TPSA) is 92.8 Å². The average molecular weight is 306 g/mol. The van der Waals surface area contributed by atoms with Gasteiger partial charge < -0.3 is 20.7 Å². The molecular weight excluding hydrogens is 289 g/mol. The van der Waals surface area contributed by atoms with Gasteiger partial charge in [0, 0.05) is 24.8 Å². The molecule has 2 rings (SSSR count). The van der Waals surface area contributed by atoms with Crippen molar-refractivity contribution in [3.05, 3.63) is 29.1 Å². The van der Waals surface area contributed by atoms with Crippen LogP contribution < -0.4 is 5.73 Å². The van der Waals surface area contributed by atoms with Gasteiger partial charge in [0.25, 0.3) is 0 Å². The molecule has 112 valence electrons. The summed E-state index contributed by atoms with van der Waals surface area (Å²) in [6, 6.07) is 1.43. The van der Waals surface area contributed by atoms with E-state index in [1.807, 2.05) is 0 Å². The minimum Gasteiger partial charge on any atom is -0.505 e. The maximum Gasteiger partial charge on any atom is 0.335 e. The number of carboxylic acid groups (broad SMARTS) is 1. The average Bonchev–Trinajstić information content (AvgIpc) is 2.41. The molecule has 0 amide bonds. The molecule has 1 aromatic carbocycles. The van der Waals surface area contributed by atoms with Crippen LogP contribution in [0.25, 0.3) is 0 Å². The highest BCUT2D eigenvalue weighted by atomic mass is 35.5. The van der Waals surface area contributed by atoms with Crippen LogP contribution in [0, 0.1) is 11.7 Å². The molecule has 0 radical (unpaired) electrons. The number of halogens is 2. The van der Waals surface area contributed by atoms with Gasteiger partial charge in [-0.2, -0.15) is 0 Å². The van der Waals surface area contributed by atoms with Crippen molar-refractivity contribution < 1.29 is 24.1 Å². The van der Waals surface area contributed by atoms with Crippen LogP contribution in [0.2, 0.25) is 0 Å². The quantitative estimate of drug-likeness (QED) is 0.795. The molecule has 1 saturated heterocycles. The molecule has 7 heteroatoms. The maximum atomic E-state index is 13.5. The summed E-state index contributed by atoms with van der Waals surface area (Å²) >= 11 is 0. The van der Waals surface area contributed by atoms with Gasteiger partial charge in [-0.1, -0.05) is 0 Å². The predicted octanol–water partition coefficient (Wildman–Crippen LogP) is 2.08. The van der Waals surface area contributed by atoms with Crippen molar-refractivity contribution in [1.82, 2.24) is 0 Å². The van der Waals surface area contributed by atoms with Crippen molar-refractivity contribution in [3.63, 3.8) is 0 Å². The molecule has 1 aromatic rings. The van der Waals surface area contributed by atoms with Crippen molar-refractivity contribution in [1.29, 1.82) is 0 Å². The third-order valence-corrected chi connectivity index (χ3v) is 3.47. The monoisotopic (exact) mass is 305 g/mol. The van der Waals surface area contributed by atoms with Gasteiger partial charge in [-0.05, 0) is 30.9 Å². The van der Waals surface area contributed by atoms with Gasteiger partial charge in [0.15, 0.2) is 11.6 Å². The number of carbonyl (C=O) groups is 1. The van der Waals surface area contributed by atoms with Gasteiger partial charge in [-0.3, -0.25) is 0 Å². The van der Waals surface area contributed by atoms with E-state index in [-0.39, 0.29) is 29.5 Å². The Morgan fingerprint density at radius 2 is 2.00 bits per heavy atom. The van der Waals surface area contributed by atoms with Gasteiger partial charge in [-0.25, -0.2) is 9.18 Å². The molecule has 0 unspecified atom stereocenters. The molecule has 1 atom stereocenters. The summed E-state index contributed by atoms with van der Waals surface area (Å²) in [5, 5.41) is 18.6. The lowest BCUT2D eigenvalue weighted by Gasteiger charge is -2.28. The van der Waals surface area contributed by atoms with E-state index in [1.165, 1.54) is 6.07 Å². The first-order chi connectivity index (χ1) is 9.00. The summed E-state index contributed by atoms with van der Waals surface area (Å²) in [5.41, 5.74) is 5.96. The molecule has 1 fully saturated rings. The summed E-state index contributed by atoms with van der Waals surface area (Å²) in [4.78, 5) is 10.9. The van der Waals surface area contributed by atoms with Crippen molar-refractivity contribution in [3.8, 4) is 5.75 Å². The Labute approximate surface area is 122 Å². The van der Waals surface area contributed by atoms with Gasteiger partial charge in [0.05, 0.1) is 5.56 Å². The lowest BCUT2D eigenvalue weighted by molar-refractivity contribution is 0.0579. The predicted molar refractivity (Wildman–Crippen MR) is 72.7 cm³/mol. The number of rotatable bonds is 3. The molecule has 0 spiro atoms. The first-order valence-corrected chi connectivity index (χ1v) is 6.09. The van der Waals surface area contributed by atoms with Crippen LogP contribution in [0.4, 0.5) is 4.39 Å². The van der Waals surface area contributed by atoms with Crippen LogP contribution in [-0.2, 0) is 4.74 Å². The SMILES string of the molecule is Cl.N[C@H](c1cc(C(=O)O)cc(F)c1O)C1CCOCC1. The Morgan fingerprint density at radius 3 is 2.55 bits per heavy atom. The lowest BCUT2D eigenvalue weighted by atomic mass is 9.86. The number of hydrogen-bond donors (Lipinski definition) is 3. The van der Waals surface area contributed by atoms with Gasteiger partial charge in [0.1, 0.15) is 0 Å². The fourth-order valence-electron chi connectivity index (χ4n) is 2.33. The van der Waals surface area contributed by atoms with Crippen LogP contribution in [-0.4, -0.2) is 29.4 Å². The molecule has 1 aliphatic rings. The molecule has 1 aliphatic heterocycles. The standard InChI is InChI=1S/C13H16FNO4.ClH/c14-10-6-8(13(17)18)5-9(12(10)16)11(15)7-1-3-19-4-2-7;/h5-7,11,16H,1-4,15H2,(H,17,18);1H/t11-;/m0./s1. The minimum absolute atomic E-state index is 0. The Hall–Kier alpha value is -1.37. The smallest absolute Gasteiger partial charge is 0.335 e. The normalized spacial score (nSPS) is 17.3. The zero-order valence-corrected chi connectivity index (χ0v) is 11.5. The van der Waals surface area contributed by atoms with E-state index < -0.39 is 23.6 Å². The zero-order valence-electron chi connectivity index (χ0n) is 10.7. The first-order valence-electron chi connectivity index (χ1n) is 6.09. The number of aromatic carboxylic acids is 1. The van der Waals surface area contributed by atoms with Crippen LogP contribution in [0.3, 0.4) is 0 Å². The van der Waals surface area contributed by atoms with Crippen LogP contribution in [0.15, 0.2) is 12.1 Å². The van der Waals surface area contributed by atoms with E-state index >= 15 is 0 Å². The Kier molecular flexibility index (Phi) is 5.74. The molecule has 20 heavy (non-hydrogen) atoms. The van der Waals surface area contributed by atoms with E-state index in [2.05, 4.69) is 0 Å².